The van der Waals surface area contributed by atoms with Crippen LogP contribution in [0.1, 0.15) is 44.9 Å². The van der Waals surface area contributed by atoms with E-state index in [-0.39, 0.29) is 30.5 Å². The van der Waals surface area contributed by atoms with Crippen LogP contribution in [-0.2, 0) is 14.3 Å². The Hall–Kier alpha value is -3.41. The summed E-state index contributed by atoms with van der Waals surface area (Å²) in [4.78, 5) is 32.8. The first kappa shape index (κ1) is 30.5. The Morgan fingerprint density at radius 3 is 2.63 bits per heavy atom. The Bertz CT molecular complexity index is 1640. The second-order valence-corrected chi connectivity index (χ2v) is 11.3. The molecule has 0 aliphatic carbocycles. The van der Waals surface area contributed by atoms with Gasteiger partial charge in [0.1, 0.15) is 18.4 Å². The van der Waals surface area contributed by atoms with E-state index >= 15 is 0 Å². The number of rotatable bonds is 11. The highest BCUT2D eigenvalue weighted by Crippen LogP contribution is 2.40. The number of hydrogen-bond acceptors (Lipinski definition) is 9. The van der Waals surface area contributed by atoms with Crippen LogP contribution in [0.25, 0.3) is 6.08 Å². The Balaban J connectivity index is 1.98. The number of carbonyl (C=O) groups is 1. The lowest BCUT2D eigenvalue weighted by atomic mass is 9.94. The largest absolute Gasteiger partial charge is 0.493 e. The lowest BCUT2D eigenvalue weighted by Crippen LogP contribution is -2.40. The number of aromatic nitrogens is 1. The third-order valence-electron chi connectivity index (χ3n) is 6.20. The zero-order valence-electron chi connectivity index (χ0n) is 23.9. The smallest absolute Gasteiger partial charge is 0.338 e. The van der Waals surface area contributed by atoms with E-state index in [2.05, 4.69) is 20.9 Å². The lowest BCUT2D eigenvalue weighted by Gasteiger charge is -2.27. The highest BCUT2D eigenvalue weighted by Gasteiger charge is 2.36. The molecule has 1 atom stereocenters. The number of hydrogen-bond donors (Lipinski definition) is 0. The number of ether oxygens (including phenoxy) is 5. The maximum absolute atomic E-state index is 14.1. The first-order valence-electron chi connectivity index (χ1n) is 13.1. The molecular formula is C30H33BrN2O7S. The molecule has 0 saturated heterocycles. The molecule has 0 bridgehead atoms. The summed E-state index contributed by atoms with van der Waals surface area (Å²) in [5.74, 6) is 0.981. The molecule has 0 unspecified atom stereocenters. The van der Waals surface area contributed by atoms with E-state index in [1.165, 1.54) is 23.0 Å². The van der Waals surface area contributed by atoms with Gasteiger partial charge in [-0.25, -0.2) is 9.79 Å². The Kier molecular flexibility index (Phi) is 10.1. The molecule has 4 rings (SSSR count). The molecular weight excluding hydrogens is 612 g/mol. The molecule has 0 amide bonds. The predicted molar refractivity (Wildman–Crippen MR) is 161 cm³/mol. The zero-order valence-corrected chi connectivity index (χ0v) is 26.3. The molecule has 218 valence electrons. The monoisotopic (exact) mass is 644 g/mol. The predicted octanol–water partition coefficient (Wildman–Crippen LogP) is 4.38. The maximum Gasteiger partial charge on any atom is 0.338 e. The van der Waals surface area contributed by atoms with Crippen molar-refractivity contribution in [2.45, 2.75) is 39.8 Å². The van der Waals surface area contributed by atoms with E-state index in [0.717, 1.165) is 10.0 Å². The van der Waals surface area contributed by atoms with E-state index in [1.54, 1.807) is 32.2 Å². The molecule has 11 heteroatoms. The summed E-state index contributed by atoms with van der Waals surface area (Å²) in [5, 5.41) is 0. The molecule has 1 aliphatic heterocycles. The van der Waals surface area contributed by atoms with E-state index in [0.29, 0.717) is 44.4 Å². The van der Waals surface area contributed by atoms with Crippen molar-refractivity contribution in [2.24, 2.45) is 4.99 Å². The van der Waals surface area contributed by atoms with Crippen molar-refractivity contribution in [3.63, 3.8) is 0 Å². The van der Waals surface area contributed by atoms with Gasteiger partial charge in [-0.15, -0.1) is 0 Å². The summed E-state index contributed by atoms with van der Waals surface area (Å²) in [6.45, 7) is 8.13. The van der Waals surface area contributed by atoms with Crippen molar-refractivity contribution in [2.75, 3.05) is 34.0 Å². The Morgan fingerprint density at radius 1 is 1.17 bits per heavy atom. The fourth-order valence-corrected chi connectivity index (χ4v) is 5.93. The number of fused-ring (bicyclic) bond motifs is 1. The standard InChI is InChI=1S/C30H33BrN2O7S/c1-7-38-27-21(9-8-10-23(27)37-6)26-25(29(35)39-14-13-36-5)18(4)32-30-33(26)28(34)24(41-30)16-19-15-20(31)11-12-22(19)40-17(2)3/h8-12,15-17,26H,7,13-14H2,1-6H3/b24-16+/t26-/m1/s1. The van der Waals surface area contributed by atoms with Gasteiger partial charge in [-0.1, -0.05) is 39.4 Å². The minimum Gasteiger partial charge on any atom is -0.493 e. The third kappa shape index (κ3) is 6.58. The molecule has 9 nitrogen and oxygen atoms in total. The fraction of sp³-hybridized carbons (Fsp3) is 0.367. The van der Waals surface area contributed by atoms with Gasteiger partial charge >= 0.3 is 5.97 Å². The van der Waals surface area contributed by atoms with E-state index in [9.17, 15) is 9.59 Å². The van der Waals surface area contributed by atoms with E-state index in [1.807, 2.05) is 45.0 Å². The number of benzene rings is 2. The first-order valence-corrected chi connectivity index (χ1v) is 14.8. The van der Waals surface area contributed by atoms with Crippen molar-refractivity contribution in [1.82, 2.24) is 4.57 Å². The molecule has 3 aromatic rings. The summed E-state index contributed by atoms with van der Waals surface area (Å²) in [7, 11) is 3.07. The van der Waals surface area contributed by atoms with Crippen molar-refractivity contribution < 1.29 is 28.5 Å². The number of carbonyl (C=O) groups excluding carboxylic acids is 1. The molecule has 0 saturated carbocycles. The molecule has 41 heavy (non-hydrogen) atoms. The van der Waals surface area contributed by atoms with Crippen LogP contribution < -0.4 is 29.1 Å². The molecule has 2 heterocycles. The first-order chi connectivity index (χ1) is 19.7. The van der Waals surface area contributed by atoms with E-state index in [4.69, 9.17) is 23.7 Å². The second kappa shape index (κ2) is 13.5. The molecule has 2 aromatic carbocycles. The average molecular weight is 646 g/mol. The van der Waals surface area contributed by atoms with Crippen molar-refractivity contribution >= 4 is 39.3 Å². The molecule has 0 fully saturated rings. The van der Waals surface area contributed by atoms with Crippen molar-refractivity contribution in [3.8, 4) is 17.2 Å². The number of para-hydroxylation sites is 1. The Labute approximate surface area is 250 Å². The van der Waals surface area contributed by atoms with Gasteiger partial charge in [-0.3, -0.25) is 9.36 Å². The lowest BCUT2D eigenvalue weighted by molar-refractivity contribution is -0.140. The van der Waals surface area contributed by atoms with Gasteiger partial charge in [-0.05, 0) is 58.0 Å². The van der Waals surface area contributed by atoms with Gasteiger partial charge < -0.3 is 23.7 Å². The summed E-state index contributed by atoms with van der Waals surface area (Å²) in [5.41, 5.74) is 1.69. The maximum atomic E-state index is 14.1. The summed E-state index contributed by atoms with van der Waals surface area (Å²) in [6.07, 6.45) is 1.73. The Morgan fingerprint density at radius 2 is 1.95 bits per heavy atom. The van der Waals surface area contributed by atoms with Crippen LogP contribution in [0.2, 0.25) is 0 Å². The van der Waals surface area contributed by atoms with Crippen molar-refractivity contribution in [1.29, 1.82) is 0 Å². The minimum atomic E-state index is -0.867. The quantitative estimate of drug-likeness (QED) is 0.226. The molecule has 1 aromatic heterocycles. The minimum absolute atomic E-state index is 0.0519. The second-order valence-electron chi connectivity index (χ2n) is 9.37. The highest BCUT2D eigenvalue weighted by molar-refractivity contribution is 9.10. The third-order valence-corrected chi connectivity index (χ3v) is 7.67. The number of esters is 1. The number of thiazole rings is 1. The van der Waals surface area contributed by atoms with Gasteiger partial charge in [0.05, 0.1) is 42.2 Å². The number of methoxy groups -OCH3 is 2. The summed E-state index contributed by atoms with van der Waals surface area (Å²) < 4.78 is 31.0. The number of halogens is 1. The van der Waals surface area contributed by atoms with Crippen LogP contribution in [0.4, 0.5) is 0 Å². The van der Waals surface area contributed by atoms with Gasteiger partial charge in [-0.2, -0.15) is 0 Å². The molecule has 0 radical (unpaired) electrons. The summed E-state index contributed by atoms with van der Waals surface area (Å²) in [6, 6.07) is 10.2. The highest BCUT2D eigenvalue weighted by atomic mass is 79.9. The normalized spacial score (nSPS) is 15.0. The zero-order chi connectivity index (χ0) is 29.7. The molecule has 0 spiro atoms. The molecule has 0 N–H and O–H groups in total. The van der Waals surface area contributed by atoms with Gasteiger partial charge in [0, 0.05) is 22.7 Å². The van der Waals surface area contributed by atoms with Gasteiger partial charge in [0.15, 0.2) is 16.3 Å². The summed E-state index contributed by atoms with van der Waals surface area (Å²) >= 11 is 4.75. The average Bonchev–Trinajstić information content (AvgIpc) is 3.23. The van der Waals surface area contributed by atoms with Crippen LogP contribution in [0.5, 0.6) is 17.2 Å². The molecule has 1 aliphatic rings. The van der Waals surface area contributed by atoms with Crippen LogP contribution >= 0.6 is 27.3 Å². The SMILES string of the molecule is CCOc1c(OC)cccc1[C@@H]1C(C(=O)OCCOC)=C(C)N=c2s/c(=C/c3cc(Br)ccc3OC(C)C)c(=O)n21. The van der Waals surface area contributed by atoms with E-state index < -0.39 is 12.0 Å². The van der Waals surface area contributed by atoms with Gasteiger partial charge in [0.2, 0.25) is 0 Å². The van der Waals surface area contributed by atoms with Crippen LogP contribution in [0.3, 0.4) is 0 Å². The topological polar surface area (TPSA) is 97.6 Å². The number of nitrogens with zero attached hydrogens (tertiary/aromatic N) is 2. The van der Waals surface area contributed by atoms with Crippen molar-refractivity contribution in [3.05, 3.63) is 83.0 Å². The van der Waals surface area contributed by atoms with Crippen LogP contribution in [-0.4, -0.2) is 50.7 Å². The van der Waals surface area contributed by atoms with Crippen LogP contribution in [0, 0.1) is 0 Å². The fourth-order valence-electron chi connectivity index (χ4n) is 4.51. The number of allylic oxidation sites excluding steroid dienone is 1. The van der Waals surface area contributed by atoms with Crippen LogP contribution in [0.15, 0.2) is 61.9 Å². The van der Waals surface area contributed by atoms with Gasteiger partial charge in [0.25, 0.3) is 5.56 Å².